The topological polar surface area (TPSA) is 64.6 Å². The maximum atomic E-state index is 12.5. The van der Waals surface area contributed by atoms with Crippen molar-refractivity contribution in [2.45, 2.75) is 26.1 Å². The first kappa shape index (κ1) is 20.3. The smallest absolute Gasteiger partial charge is 0.416 e. The van der Waals surface area contributed by atoms with Gasteiger partial charge in [-0.3, -0.25) is 4.79 Å². The SMILES string of the molecule is CCOC(=O)C(C)Oc1ccc(C(=O)Nc2ccc(C(F)(F)F)cc2)cc1. The third kappa shape index (κ3) is 5.73. The van der Waals surface area contributed by atoms with E-state index in [-0.39, 0.29) is 17.9 Å². The minimum atomic E-state index is -4.43. The third-order valence-electron chi connectivity index (χ3n) is 3.52. The summed E-state index contributed by atoms with van der Waals surface area (Å²) in [5, 5.41) is 2.51. The van der Waals surface area contributed by atoms with E-state index in [9.17, 15) is 22.8 Å². The largest absolute Gasteiger partial charge is 0.479 e. The fourth-order valence-electron chi connectivity index (χ4n) is 2.14. The Hall–Kier alpha value is -3.03. The fraction of sp³-hybridized carbons (Fsp3) is 0.263. The van der Waals surface area contributed by atoms with Crippen LogP contribution in [0.5, 0.6) is 5.75 Å². The van der Waals surface area contributed by atoms with E-state index in [1.54, 1.807) is 13.8 Å². The number of carbonyl (C=O) groups is 2. The summed E-state index contributed by atoms with van der Waals surface area (Å²) in [4.78, 5) is 23.7. The molecule has 0 aliphatic heterocycles. The van der Waals surface area contributed by atoms with Gasteiger partial charge in [-0.05, 0) is 62.4 Å². The normalized spacial score (nSPS) is 12.2. The van der Waals surface area contributed by atoms with Crippen molar-refractivity contribution < 1.29 is 32.2 Å². The van der Waals surface area contributed by atoms with E-state index >= 15 is 0 Å². The molecule has 2 aromatic rings. The Morgan fingerprint density at radius 3 is 2.15 bits per heavy atom. The lowest BCUT2D eigenvalue weighted by Crippen LogP contribution is -2.26. The summed E-state index contributed by atoms with van der Waals surface area (Å²) >= 11 is 0. The zero-order chi connectivity index (χ0) is 20.0. The van der Waals surface area contributed by atoms with Crippen LogP contribution in [0.3, 0.4) is 0 Å². The highest BCUT2D eigenvalue weighted by molar-refractivity contribution is 6.04. The number of alkyl halides is 3. The van der Waals surface area contributed by atoms with Gasteiger partial charge in [-0.25, -0.2) is 4.79 Å². The average Bonchev–Trinajstić information content (AvgIpc) is 2.62. The first-order valence-electron chi connectivity index (χ1n) is 8.12. The molecule has 0 heterocycles. The van der Waals surface area contributed by atoms with Crippen LogP contribution in [0.2, 0.25) is 0 Å². The summed E-state index contributed by atoms with van der Waals surface area (Å²) < 4.78 is 47.9. The lowest BCUT2D eigenvalue weighted by molar-refractivity contribution is -0.150. The molecule has 0 aliphatic rings. The summed E-state index contributed by atoms with van der Waals surface area (Å²) in [7, 11) is 0. The van der Waals surface area contributed by atoms with Crippen LogP contribution < -0.4 is 10.1 Å². The molecule has 1 unspecified atom stereocenters. The van der Waals surface area contributed by atoms with Gasteiger partial charge in [0.05, 0.1) is 12.2 Å². The van der Waals surface area contributed by atoms with Crippen molar-refractivity contribution in [3.05, 3.63) is 59.7 Å². The first-order valence-corrected chi connectivity index (χ1v) is 8.12. The lowest BCUT2D eigenvalue weighted by atomic mass is 10.1. The van der Waals surface area contributed by atoms with Gasteiger partial charge in [0, 0.05) is 11.3 Å². The van der Waals surface area contributed by atoms with Crippen LogP contribution in [0.1, 0.15) is 29.8 Å². The highest BCUT2D eigenvalue weighted by atomic mass is 19.4. The van der Waals surface area contributed by atoms with Crippen molar-refractivity contribution >= 4 is 17.6 Å². The predicted molar refractivity (Wildman–Crippen MR) is 92.6 cm³/mol. The standard InChI is InChI=1S/C19H18F3NO4/c1-3-26-18(25)12(2)27-16-10-4-13(5-11-16)17(24)23-15-8-6-14(7-9-15)19(20,21)22/h4-12H,3H2,1-2H3,(H,23,24). The number of nitrogens with one attached hydrogen (secondary N) is 1. The van der Waals surface area contributed by atoms with Crippen molar-refractivity contribution in [3.63, 3.8) is 0 Å². The summed E-state index contributed by atoms with van der Waals surface area (Å²) in [6, 6.07) is 10.1. The Morgan fingerprint density at radius 2 is 1.63 bits per heavy atom. The second-order valence-electron chi connectivity index (χ2n) is 5.57. The lowest BCUT2D eigenvalue weighted by Gasteiger charge is -2.13. The molecule has 0 aromatic heterocycles. The van der Waals surface area contributed by atoms with E-state index in [1.807, 2.05) is 0 Å². The van der Waals surface area contributed by atoms with E-state index in [2.05, 4.69) is 5.32 Å². The average molecular weight is 381 g/mol. The number of anilines is 1. The molecule has 5 nitrogen and oxygen atoms in total. The number of ether oxygens (including phenoxy) is 2. The summed E-state index contributed by atoms with van der Waals surface area (Å²) in [5.41, 5.74) is -0.270. The predicted octanol–water partition coefficient (Wildman–Crippen LogP) is 4.29. The summed E-state index contributed by atoms with van der Waals surface area (Å²) in [5.74, 6) is -0.608. The molecule has 2 aromatic carbocycles. The zero-order valence-electron chi connectivity index (χ0n) is 14.7. The molecule has 1 atom stereocenters. The maximum Gasteiger partial charge on any atom is 0.416 e. The van der Waals surface area contributed by atoms with Gasteiger partial charge in [0.15, 0.2) is 6.10 Å². The van der Waals surface area contributed by atoms with Gasteiger partial charge in [-0.1, -0.05) is 0 Å². The van der Waals surface area contributed by atoms with Crippen LogP contribution in [0, 0.1) is 0 Å². The van der Waals surface area contributed by atoms with Gasteiger partial charge >= 0.3 is 12.1 Å². The maximum absolute atomic E-state index is 12.5. The minimum Gasteiger partial charge on any atom is -0.479 e. The molecule has 0 bridgehead atoms. The van der Waals surface area contributed by atoms with Crippen LogP contribution >= 0.6 is 0 Å². The first-order chi connectivity index (χ1) is 12.7. The second kappa shape index (κ2) is 8.57. The molecule has 144 valence electrons. The highest BCUT2D eigenvalue weighted by Gasteiger charge is 2.30. The number of hydrogen-bond acceptors (Lipinski definition) is 4. The third-order valence-corrected chi connectivity index (χ3v) is 3.52. The number of carbonyl (C=O) groups excluding carboxylic acids is 2. The zero-order valence-corrected chi connectivity index (χ0v) is 14.7. The molecule has 0 saturated heterocycles. The van der Waals surface area contributed by atoms with Gasteiger partial charge in [0.25, 0.3) is 5.91 Å². The molecule has 0 spiro atoms. The van der Waals surface area contributed by atoms with E-state index in [4.69, 9.17) is 9.47 Å². The van der Waals surface area contributed by atoms with E-state index in [0.29, 0.717) is 5.75 Å². The molecule has 0 radical (unpaired) electrons. The van der Waals surface area contributed by atoms with Crippen molar-refractivity contribution in [2.75, 3.05) is 11.9 Å². The monoisotopic (exact) mass is 381 g/mol. The molecule has 2 rings (SSSR count). The number of hydrogen-bond donors (Lipinski definition) is 1. The van der Waals surface area contributed by atoms with Crippen LogP contribution in [0.4, 0.5) is 18.9 Å². The Morgan fingerprint density at radius 1 is 1.04 bits per heavy atom. The van der Waals surface area contributed by atoms with Gasteiger partial charge in [-0.15, -0.1) is 0 Å². The van der Waals surface area contributed by atoms with Crippen LogP contribution in [-0.2, 0) is 15.7 Å². The fourth-order valence-corrected chi connectivity index (χ4v) is 2.14. The Labute approximate surface area is 154 Å². The molecule has 1 N–H and O–H groups in total. The highest BCUT2D eigenvalue weighted by Crippen LogP contribution is 2.29. The Kier molecular flexibility index (Phi) is 6.44. The van der Waals surface area contributed by atoms with Gasteiger partial charge in [0.2, 0.25) is 0 Å². The number of esters is 1. The Balaban J connectivity index is 1.98. The summed E-state index contributed by atoms with van der Waals surface area (Å²) in [6.07, 6.45) is -5.23. The minimum absolute atomic E-state index is 0.240. The molecular formula is C19H18F3NO4. The van der Waals surface area contributed by atoms with Gasteiger partial charge in [-0.2, -0.15) is 13.2 Å². The van der Waals surface area contributed by atoms with E-state index < -0.39 is 29.7 Å². The molecule has 0 aliphatic carbocycles. The van der Waals surface area contributed by atoms with Crippen LogP contribution in [-0.4, -0.2) is 24.6 Å². The quantitative estimate of drug-likeness (QED) is 0.759. The van der Waals surface area contributed by atoms with Crippen molar-refractivity contribution in [1.29, 1.82) is 0 Å². The van der Waals surface area contributed by atoms with Crippen molar-refractivity contribution in [3.8, 4) is 5.75 Å². The number of rotatable bonds is 6. The van der Waals surface area contributed by atoms with Crippen LogP contribution in [0.15, 0.2) is 48.5 Å². The van der Waals surface area contributed by atoms with Crippen molar-refractivity contribution in [2.24, 2.45) is 0 Å². The van der Waals surface area contributed by atoms with Crippen molar-refractivity contribution in [1.82, 2.24) is 0 Å². The molecule has 27 heavy (non-hydrogen) atoms. The Bertz CT molecular complexity index is 786. The number of amides is 1. The van der Waals surface area contributed by atoms with E-state index in [0.717, 1.165) is 12.1 Å². The molecule has 1 amide bonds. The summed E-state index contributed by atoms with van der Waals surface area (Å²) in [6.45, 7) is 3.48. The van der Waals surface area contributed by atoms with E-state index in [1.165, 1.54) is 36.4 Å². The number of benzene rings is 2. The number of halogens is 3. The molecule has 0 fully saturated rings. The second-order valence-corrected chi connectivity index (χ2v) is 5.57. The van der Waals surface area contributed by atoms with Gasteiger partial charge < -0.3 is 14.8 Å². The molecule has 0 saturated carbocycles. The molecular weight excluding hydrogens is 363 g/mol. The molecule has 8 heteroatoms. The van der Waals surface area contributed by atoms with Gasteiger partial charge in [0.1, 0.15) is 5.75 Å². The van der Waals surface area contributed by atoms with Crippen LogP contribution in [0.25, 0.3) is 0 Å².